The van der Waals surface area contributed by atoms with Gasteiger partial charge < -0.3 is 19.9 Å². The van der Waals surface area contributed by atoms with Crippen molar-refractivity contribution in [1.29, 1.82) is 0 Å². The molecule has 21 heavy (non-hydrogen) atoms. The van der Waals surface area contributed by atoms with Gasteiger partial charge >= 0.3 is 5.97 Å². The zero-order chi connectivity index (χ0) is 15.8. The summed E-state index contributed by atoms with van der Waals surface area (Å²) in [5.41, 5.74) is 0.242. The lowest BCUT2D eigenvalue weighted by molar-refractivity contribution is -0.140. The predicted octanol–water partition coefficient (Wildman–Crippen LogP) is 1.73. The van der Waals surface area contributed by atoms with Gasteiger partial charge in [0.05, 0.1) is 25.3 Å². The van der Waals surface area contributed by atoms with Crippen molar-refractivity contribution < 1.29 is 24.2 Å². The number of carbonyl (C=O) groups excluding carboxylic acids is 1. The third-order valence-corrected chi connectivity index (χ3v) is 2.85. The quantitative estimate of drug-likeness (QED) is 0.564. The molecule has 0 saturated carbocycles. The van der Waals surface area contributed by atoms with Gasteiger partial charge in [0.15, 0.2) is 6.04 Å². The van der Waals surface area contributed by atoms with Crippen molar-refractivity contribution in [3.63, 3.8) is 0 Å². The lowest BCUT2D eigenvalue weighted by Gasteiger charge is -2.14. The highest BCUT2D eigenvalue weighted by molar-refractivity contribution is 6.32. The number of halogens is 1. The molecule has 1 unspecified atom stereocenters. The highest BCUT2D eigenvalue weighted by Crippen LogP contribution is 2.24. The van der Waals surface area contributed by atoms with Crippen LogP contribution in [0.2, 0.25) is 5.02 Å². The van der Waals surface area contributed by atoms with E-state index in [1.54, 1.807) is 0 Å². The van der Waals surface area contributed by atoms with Crippen LogP contribution in [-0.4, -0.2) is 43.3 Å². The highest BCUT2D eigenvalue weighted by atomic mass is 35.5. The maximum atomic E-state index is 12.0. The first-order valence-corrected chi connectivity index (χ1v) is 6.43. The first kappa shape index (κ1) is 17.0. The second-order valence-corrected chi connectivity index (χ2v) is 4.45. The number of carboxylic acid groups (broad SMARTS) is 1. The summed E-state index contributed by atoms with van der Waals surface area (Å²) in [5.74, 6) is -1.41. The Morgan fingerprint density at radius 3 is 2.81 bits per heavy atom. The number of hydrogen-bond donors (Lipinski definition) is 2. The molecule has 0 radical (unpaired) electrons. The van der Waals surface area contributed by atoms with Crippen molar-refractivity contribution in [2.24, 2.45) is 0 Å². The van der Waals surface area contributed by atoms with E-state index in [2.05, 4.69) is 11.9 Å². The van der Waals surface area contributed by atoms with Gasteiger partial charge in [-0.25, -0.2) is 4.79 Å². The molecule has 1 aromatic rings. The lowest BCUT2D eigenvalue weighted by Crippen LogP contribution is -2.44. The van der Waals surface area contributed by atoms with E-state index in [-0.39, 0.29) is 18.8 Å². The monoisotopic (exact) mass is 313 g/mol. The zero-order valence-corrected chi connectivity index (χ0v) is 12.2. The molecule has 0 spiro atoms. The number of carbonyl (C=O) groups is 2. The molecule has 0 fully saturated rings. The van der Waals surface area contributed by atoms with Crippen LogP contribution in [0.25, 0.3) is 0 Å². The maximum Gasteiger partial charge on any atom is 0.328 e. The van der Waals surface area contributed by atoms with Crippen LogP contribution in [0, 0.1) is 0 Å². The predicted molar refractivity (Wildman–Crippen MR) is 77.9 cm³/mol. The Hall–Kier alpha value is -2.05. The van der Waals surface area contributed by atoms with Crippen molar-refractivity contribution in [1.82, 2.24) is 5.32 Å². The van der Waals surface area contributed by atoms with E-state index in [9.17, 15) is 9.59 Å². The van der Waals surface area contributed by atoms with Crippen molar-refractivity contribution in [2.75, 3.05) is 20.3 Å². The largest absolute Gasteiger partial charge is 0.495 e. The van der Waals surface area contributed by atoms with Crippen molar-refractivity contribution >= 4 is 23.5 Å². The van der Waals surface area contributed by atoms with E-state index in [0.29, 0.717) is 10.8 Å². The minimum atomic E-state index is -1.19. The molecule has 114 valence electrons. The van der Waals surface area contributed by atoms with Crippen molar-refractivity contribution in [3.8, 4) is 5.75 Å². The summed E-state index contributed by atoms with van der Waals surface area (Å²) in [6.45, 7) is 3.50. The number of methoxy groups -OCH3 is 1. The normalized spacial score (nSPS) is 11.5. The molecular formula is C14H16ClNO5. The number of nitrogens with one attached hydrogen (secondary N) is 1. The standard InChI is InChI=1S/C14H16ClNO5/c1-3-6-21-8-11(14(18)19)16-13(17)9-4-5-10(15)12(7-9)20-2/h3-5,7,11H,1,6,8H2,2H3,(H,16,17)(H,18,19). The Bertz CT molecular complexity index is 532. The number of rotatable bonds is 8. The topological polar surface area (TPSA) is 84.9 Å². The summed E-state index contributed by atoms with van der Waals surface area (Å²) in [6.07, 6.45) is 1.49. The maximum absolute atomic E-state index is 12.0. The minimum Gasteiger partial charge on any atom is -0.495 e. The Morgan fingerprint density at radius 2 is 2.24 bits per heavy atom. The Balaban J connectivity index is 2.77. The molecule has 0 saturated heterocycles. The van der Waals surface area contributed by atoms with E-state index in [0.717, 1.165) is 0 Å². The van der Waals surface area contributed by atoms with Crippen LogP contribution < -0.4 is 10.1 Å². The van der Waals surface area contributed by atoms with Gasteiger partial charge in [0.25, 0.3) is 5.91 Å². The van der Waals surface area contributed by atoms with E-state index in [1.807, 2.05) is 0 Å². The summed E-state index contributed by atoms with van der Waals surface area (Å²) >= 11 is 5.86. The average molecular weight is 314 g/mol. The van der Waals surface area contributed by atoms with Gasteiger partial charge in [-0.2, -0.15) is 0 Å². The number of ether oxygens (including phenoxy) is 2. The molecule has 7 heteroatoms. The van der Waals surface area contributed by atoms with Gasteiger partial charge in [0, 0.05) is 5.56 Å². The molecule has 1 atom stereocenters. The fourth-order valence-electron chi connectivity index (χ4n) is 1.49. The molecule has 1 rings (SSSR count). The molecular weight excluding hydrogens is 298 g/mol. The van der Waals surface area contributed by atoms with Crippen molar-refractivity contribution in [3.05, 3.63) is 41.4 Å². The summed E-state index contributed by atoms with van der Waals surface area (Å²) in [7, 11) is 1.42. The van der Waals surface area contributed by atoms with Gasteiger partial charge in [-0.1, -0.05) is 17.7 Å². The fourth-order valence-corrected chi connectivity index (χ4v) is 1.68. The van der Waals surface area contributed by atoms with E-state index in [4.69, 9.17) is 26.2 Å². The van der Waals surface area contributed by atoms with Crippen LogP contribution in [0.1, 0.15) is 10.4 Å². The van der Waals surface area contributed by atoms with E-state index < -0.39 is 17.9 Å². The van der Waals surface area contributed by atoms with Crippen LogP contribution in [0.4, 0.5) is 0 Å². The van der Waals surface area contributed by atoms with Gasteiger partial charge in [-0.3, -0.25) is 4.79 Å². The van der Waals surface area contributed by atoms with Gasteiger partial charge in [-0.15, -0.1) is 6.58 Å². The number of aliphatic carboxylic acids is 1. The van der Waals surface area contributed by atoms with Gasteiger partial charge in [0.1, 0.15) is 5.75 Å². The Morgan fingerprint density at radius 1 is 1.52 bits per heavy atom. The summed E-state index contributed by atoms with van der Waals surface area (Å²) < 4.78 is 10.1. The Kier molecular flexibility index (Phi) is 6.71. The highest BCUT2D eigenvalue weighted by Gasteiger charge is 2.21. The SMILES string of the molecule is C=CCOCC(NC(=O)c1ccc(Cl)c(OC)c1)C(=O)O. The van der Waals surface area contributed by atoms with Crippen LogP contribution >= 0.6 is 11.6 Å². The summed E-state index contributed by atoms with van der Waals surface area (Å²) in [5, 5.41) is 11.8. The lowest BCUT2D eigenvalue weighted by atomic mass is 10.2. The summed E-state index contributed by atoms with van der Waals surface area (Å²) in [4.78, 5) is 23.1. The van der Waals surface area contributed by atoms with Crippen molar-refractivity contribution in [2.45, 2.75) is 6.04 Å². The fraction of sp³-hybridized carbons (Fsp3) is 0.286. The number of carboxylic acids is 1. The van der Waals surface area contributed by atoms with Gasteiger partial charge in [-0.05, 0) is 18.2 Å². The first-order chi connectivity index (χ1) is 9.99. The van der Waals surface area contributed by atoms with E-state index in [1.165, 1.54) is 31.4 Å². The third-order valence-electron chi connectivity index (χ3n) is 2.54. The minimum absolute atomic E-state index is 0.155. The van der Waals surface area contributed by atoms with Crippen LogP contribution in [0.5, 0.6) is 5.75 Å². The van der Waals surface area contributed by atoms with Crippen LogP contribution in [0.15, 0.2) is 30.9 Å². The molecule has 1 amide bonds. The molecule has 0 aromatic heterocycles. The number of benzene rings is 1. The second-order valence-electron chi connectivity index (χ2n) is 4.04. The second kappa shape index (κ2) is 8.28. The molecule has 0 bridgehead atoms. The third kappa shape index (κ3) is 5.09. The number of hydrogen-bond acceptors (Lipinski definition) is 4. The smallest absolute Gasteiger partial charge is 0.328 e. The molecule has 0 aliphatic heterocycles. The average Bonchev–Trinajstić information content (AvgIpc) is 2.46. The molecule has 0 aliphatic rings. The van der Waals surface area contributed by atoms with E-state index >= 15 is 0 Å². The zero-order valence-electron chi connectivity index (χ0n) is 11.5. The molecule has 0 heterocycles. The summed E-state index contributed by atoms with van der Waals surface area (Å²) in [6, 6.07) is 3.25. The van der Waals surface area contributed by atoms with Crippen LogP contribution in [0.3, 0.4) is 0 Å². The molecule has 0 aliphatic carbocycles. The first-order valence-electron chi connectivity index (χ1n) is 6.05. The van der Waals surface area contributed by atoms with Crippen LogP contribution in [-0.2, 0) is 9.53 Å². The number of amides is 1. The Labute approximate surface area is 127 Å². The molecule has 2 N–H and O–H groups in total. The van der Waals surface area contributed by atoms with Gasteiger partial charge in [0.2, 0.25) is 0 Å². The molecule has 1 aromatic carbocycles. The molecule has 6 nitrogen and oxygen atoms in total.